The third-order valence-corrected chi connectivity index (χ3v) is 14.8. The fraction of sp³-hybridized carbons (Fsp3) is 0.983. The van der Waals surface area contributed by atoms with Gasteiger partial charge in [0.1, 0.15) is 12.2 Å². The zero-order valence-corrected chi connectivity index (χ0v) is 45.0. The molecule has 0 spiro atoms. The van der Waals surface area contributed by atoms with Gasteiger partial charge in [0, 0.05) is 0 Å². The molecule has 66 heavy (non-hydrogen) atoms. The van der Waals surface area contributed by atoms with E-state index in [1.165, 1.54) is 283 Å². The van der Waals surface area contributed by atoms with Crippen molar-refractivity contribution in [2.75, 3.05) is 6.61 Å². The Bertz CT molecular complexity index is 917. The number of carbonyl (C=O) groups is 1. The van der Waals surface area contributed by atoms with Gasteiger partial charge in [0.25, 0.3) is 0 Å². The highest BCUT2D eigenvalue weighted by atomic mass is 16.3. The molecule has 0 fully saturated rings. The zero-order chi connectivity index (χ0) is 48.1. The second kappa shape index (κ2) is 55.2. The Morgan fingerprint density at radius 3 is 0.727 bits per heavy atom. The lowest BCUT2D eigenvalue weighted by Crippen LogP contribution is -2.53. The maximum absolute atomic E-state index is 12.6. The third kappa shape index (κ3) is 48.3. The molecule has 5 N–H and O–H groups in total. The van der Waals surface area contributed by atoms with Crippen molar-refractivity contribution in [2.24, 2.45) is 0 Å². The van der Waals surface area contributed by atoms with E-state index in [0.29, 0.717) is 12.8 Å². The van der Waals surface area contributed by atoms with Gasteiger partial charge in [-0.25, -0.2) is 0 Å². The van der Waals surface area contributed by atoms with Crippen molar-refractivity contribution in [1.82, 2.24) is 5.32 Å². The van der Waals surface area contributed by atoms with E-state index < -0.39 is 36.9 Å². The second-order valence-corrected chi connectivity index (χ2v) is 21.4. The quantitative estimate of drug-likeness (QED) is 0.0390. The average molecular weight is 937 g/mol. The fourth-order valence-electron chi connectivity index (χ4n) is 10.1. The van der Waals surface area contributed by atoms with Gasteiger partial charge in [-0.05, 0) is 12.8 Å². The molecule has 0 aliphatic carbocycles. The molecule has 4 atom stereocenters. The molecule has 6 nitrogen and oxygen atoms in total. The Kier molecular flexibility index (Phi) is 54.7. The van der Waals surface area contributed by atoms with Gasteiger partial charge < -0.3 is 25.7 Å². The van der Waals surface area contributed by atoms with Crippen molar-refractivity contribution in [3.05, 3.63) is 0 Å². The summed E-state index contributed by atoms with van der Waals surface area (Å²) in [4.78, 5) is 12.6. The van der Waals surface area contributed by atoms with Gasteiger partial charge in [-0.1, -0.05) is 335 Å². The number of nitrogens with one attached hydrogen (secondary N) is 1. The van der Waals surface area contributed by atoms with E-state index in [4.69, 9.17) is 0 Å². The second-order valence-electron chi connectivity index (χ2n) is 21.4. The summed E-state index contributed by atoms with van der Waals surface area (Å²) >= 11 is 0. The highest BCUT2D eigenvalue weighted by Crippen LogP contribution is 2.19. The highest BCUT2D eigenvalue weighted by molar-refractivity contribution is 5.80. The van der Waals surface area contributed by atoms with Crippen LogP contribution in [0.2, 0.25) is 0 Å². The molecule has 0 rings (SSSR count). The van der Waals surface area contributed by atoms with Crippen LogP contribution < -0.4 is 5.32 Å². The van der Waals surface area contributed by atoms with E-state index >= 15 is 0 Å². The first kappa shape index (κ1) is 65.3. The van der Waals surface area contributed by atoms with Gasteiger partial charge >= 0.3 is 0 Å². The van der Waals surface area contributed by atoms with Crippen molar-refractivity contribution >= 4 is 5.91 Å². The Hall–Kier alpha value is -0.690. The van der Waals surface area contributed by atoms with Gasteiger partial charge in [0.2, 0.25) is 5.91 Å². The molecule has 0 aliphatic rings. The van der Waals surface area contributed by atoms with Crippen LogP contribution in [0.4, 0.5) is 0 Å². The number of hydrogen-bond donors (Lipinski definition) is 5. The maximum atomic E-state index is 12.6. The van der Waals surface area contributed by atoms with Crippen LogP contribution in [-0.4, -0.2) is 57.3 Å². The molecule has 0 aliphatic heterocycles. The Balaban J connectivity index is 3.47. The SMILES string of the molecule is CCCCCCCCCCCCCCCCCCCCCCCCCCCCCCCCCCCCCCC(O)C(=O)NC(CO)C(O)C(O)CCCCCCCCCCCCCCCC. The first-order valence-corrected chi connectivity index (χ1v) is 30.4. The molecule has 0 aromatic rings. The number of carbonyl (C=O) groups excluding carboxylic acids is 1. The number of aliphatic hydroxyl groups excluding tert-OH is 4. The van der Waals surface area contributed by atoms with E-state index in [1.807, 2.05) is 0 Å². The van der Waals surface area contributed by atoms with Crippen molar-refractivity contribution in [1.29, 1.82) is 0 Å². The molecular formula is C60H121NO5. The highest BCUT2D eigenvalue weighted by Gasteiger charge is 2.28. The van der Waals surface area contributed by atoms with Crippen LogP contribution in [0.1, 0.15) is 348 Å². The summed E-state index contributed by atoms with van der Waals surface area (Å²) in [7, 11) is 0. The number of amides is 1. The van der Waals surface area contributed by atoms with Crippen molar-refractivity contribution in [2.45, 2.75) is 372 Å². The van der Waals surface area contributed by atoms with Crippen molar-refractivity contribution < 1.29 is 25.2 Å². The summed E-state index contributed by atoms with van der Waals surface area (Å²) in [6.07, 6.45) is 64.9. The van der Waals surface area contributed by atoms with Gasteiger partial charge in [-0.2, -0.15) is 0 Å². The predicted molar refractivity (Wildman–Crippen MR) is 288 cm³/mol. The molecule has 1 amide bonds. The van der Waals surface area contributed by atoms with Gasteiger partial charge in [0.05, 0.1) is 18.8 Å². The third-order valence-electron chi connectivity index (χ3n) is 14.8. The molecule has 4 unspecified atom stereocenters. The molecular weight excluding hydrogens is 815 g/mol. The zero-order valence-electron chi connectivity index (χ0n) is 45.0. The summed E-state index contributed by atoms with van der Waals surface area (Å²) in [5.74, 6) is -0.576. The number of rotatable bonds is 57. The minimum absolute atomic E-state index is 0.376. The van der Waals surface area contributed by atoms with Crippen LogP contribution in [0.15, 0.2) is 0 Å². The van der Waals surface area contributed by atoms with E-state index in [2.05, 4.69) is 19.2 Å². The van der Waals surface area contributed by atoms with Gasteiger partial charge in [-0.3, -0.25) is 4.79 Å². The Labute approximate surface area is 413 Å². The standard InChI is InChI=1S/C60H121NO5/c1-3-5-7-9-11-13-15-17-19-20-21-22-23-24-25-26-27-28-29-30-31-32-33-34-35-36-37-38-39-40-42-44-46-48-50-52-54-58(64)60(66)61-56(55-62)59(65)57(63)53-51-49-47-45-43-41-18-16-14-12-10-8-6-4-2/h56-59,62-65H,3-55H2,1-2H3,(H,61,66). The number of hydrogen-bond acceptors (Lipinski definition) is 5. The topological polar surface area (TPSA) is 110 Å². The maximum Gasteiger partial charge on any atom is 0.249 e. The van der Waals surface area contributed by atoms with E-state index in [1.54, 1.807) is 0 Å². The molecule has 0 radical (unpaired) electrons. The Morgan fingerprint density at radius 2 is 0.515 bits per heavy atom. The molecule has 0 saturated heterocycles. The summed E-state index contributed by atoms with van der Waals surface area (Å²) in [6, 6.07) is -0.980. The molecule has 0 aromatic heterocycles. The molecule has 0 aromatic carbocycles. The molecule has 396 valence electrons. The normalized spacial score (nSPS) is 13.6. The largest absolute Gasteiger partial charge is 0.394 e. The summed E-state index contributed by atoms with van der Waals surface area (Å²) in [5.41, 5.74) is 0. The minimum atomic E-state index is -1.25. The van der Waals surface area contributed by atoms with E-state index in [9.17, 15) is 25.2 Å². The lowest BCUT2D eigenvalue weighted by atomic mass is 9.99. The van der Waals surface area contributed by atoms with Crippen LogP contribution in [0.5, 0.6) is 0 Å². The fourth-order valence-corrected chi connectivity index (χ4v) is 10.1. The molecule has 0 bridgehead atoms. The molecule has 0 saturated carbocycles. The van der Waals surface area contributed by atoms with Crippen molar-refractivity contribution in [3.8, 4) is 0 Å². The minimum Gasteiger partial charge on any atom is -0.394 e. The van der Waals surface area contributed by atoms with Crippen LogP contribution in [0, 0.1) is 0 Å². The summed E-state index contributed by atoms with van der Waals surface area (Å²) in [5, 5.41) is 43.9. The lowest BCUT2D eigenvalue weighted by Gasteiger charge is -2.27. The van der Waals surface area contributed by atoms with E-state index in [-0.39, 0.29) is 0 Å². The first-order chi connectivity index (χ1) is 32.5. The lowest BCUT2D eigenvalue weighted by molar-refractivity contribution is -0.132. The van der Waals surface area contributed by atoms with Gasteiger partial charge in [-0.15, -0.1) is 0 Å². The monoisotopic (exact) mass is 936 g/mol. The summed E-state index contributed by atoms with van der Waals surface area (Å²) < 4.78 is 0. The smallest absolute Gasteiger partial charge is 0.249 e. The van der Waals surface area contributed by atoms with Crippen LogP contribution in [-0.2, 0) is 4.79 Å². The first-order valence-electron chi connectivity index (χ1n) is 30.4. The van der Waals surface area contributed by atoms with E-state index in [0.717, 1.165) is 38.5 Å². The Morgan fingerprint density at radius 1 is 0.318 bits per heavy atom. The number of unbranched alkanes of at least 4 members (excludes halogenated alkanes) is 48. The van der Waals surface area contributed by atoms with Crippen LogP contribution in [0.25, 0.3) is 0 Å². The predicted octanol–water partition coefficient (Wildman–Crippen LogP) is 17.9. The summed E-state index contributed by atoms with van der Waals surface area (Å²) in [6.45, 7) is 4.09. The average Bonchev–Trinajstić information content (AvgIpc) is 3.32. The van der Waals surface area contributed by atoms with Crippen molar-refractivity contribution in [3.63, 3.8) is 0 Å². The molecule has 0 heterocycles. The molecule has 6 heteroatoms. The van der Waals surface area contributed by atoms with Crippen LogP contribution in [0.3, 0.4) is 0 Å². The van der Waals surface area contributed by atoms with Gasteiger partial charge in [0.15, 0.2) is 0 Å². The van der Waals surface area contributed by atoms with Crippen LogP contribution >= 0.6 is 0 Å². The number of aliphatic hydroxyl groups is 4.